The lowest BCUT2D eigenvalue weighted by Gasteiger charge is -2.55. The van der Waals surface area contributed by atoms with E-state index < -0.39 is 64.5 Å². The Kier molecular flexibility index (Phi) is 8.71. The molecule has 8 rings (SSSR count). The normalized spacial score (nSPS) is 26.1. The number of ketones is 2. The molecule has 280 valence electrons. The molecule has 9 nitrogen and oxygen atoms in total. The third-order valence-electron chi connectivity index (χ3n) is 11.6. The number of nitrogens with zero attached hydrogens (tertiary/aromatic N) is 3. The van der Waals surface area contributed by atoms with Gasteiger partial charge in [0.25, 0.3) is 11.8 Å². The van der Waals surface area contributed by atoms with Gasteiger partial charge in [-0.15, -0.1) is 0 Å². The van der Waals surface area contributed by atoms with E-state index in [-0.39, 0.29) is 46.5 Å². The van der Waals surface area contributed by atoms with Crippen molar-refractivity contribution in [2.75, 3.05) is 19.2 Å². The van der Waals surface area contributed by atoms with Crippen molar-refractivity contribution in [3.05, 3.63) is 136 Å². The van der Waals surface area contributed by atoms with Gasteiger partial charge in [-0.3, -0.25) is 24.2 Å². The van der Waals surface area contributed by atoms with Crippen molar-refractivity contribution in [1.29, 1.82) is 0 Å². The number of amides is 2. The number of benzene rings is 3. The van der Waals surface area contributed by atoms with Gasteiger partial charge in [-0.1, -0.05) is 90.0 Å². The van der Waals surface area contributed by atoms with Crippen LogP contribution in [0.2, 0.25) is 5.02 Å². The molecule has 3 aliphatic carbocycles. The molecule has 2 heterocycles. The Balaban J connectivity index is 1.31. The van der Waals surface area contributed by atoms with Crippen LogP contribution in [0.3, 0.4) is 0 Å². The molecule has 2 fully saturated rings. The highest BCUT2D eigenvalue weighted by Gasteiger charge is 2.66. The van der Waals surface area contributed by atoms with E-state index in [1.54, 1.807) is 72.8 Å². The van der Waals surface area contributed by atoms with Crippen molar-refractivity contribution >= 4 is 46.4 Å². The van der Waals surface area contributed by atoms with E-state index in [2.05, 4.69) is 4.98 Å². The van der Waals surface area contributed by atoms with Gasteiger partial charge in [-0.2, -0.15) is 18.2 Å². The number of aromatic hydroxyl groups is 1. The fourth-order valence-corrected chi connectivity index (χ4v) is 9.55. The maximum atomic E-state index is 15.1. The van der Waals surface area contributed by atoms with Crippen LogP contribution in [0.5, 0.6) is 11.5 Å². The summed E-state index contributed by atoms with van der Waals surface area (Å²) in [5.41, 5.74) is -0.298. The van der Waals surface area contributed by atoms with Gasteiger partial charge >= 0.3 is 6.18 Å². The summed E-state index contributed by atoms with van der Waals surface area (Å²) in [7, 11) is 2.66. The van der Waals surface area contributed by atoms with Gasteiger partial charge in [0.1, 0.15) is 5.69 Å². The quantitative estimate of drug-likeness (QED) is 0.160. The summed E-state index contributed by atoms with van der Waals surface area (Å²) >= 11 is 6.31. The zero-order valence-corrected chi connectivity index (χ0v) is 30.2. The average molecular weight is 768 g/mol. The number of phenols is 1. The summed E-state index contributed by atoms with van der Waals surface area (Å²) in [4.78, 5) is 62.7. The molecule has 0 radical (unpaired) electrons. The number of hydrogen-bond acceptors (Lipinski definition) is 8. The van der Waals surface area contributed by atoms with Crippen molar-refractivity contribution in [3.8, 4) is 11.5 Å². The van der Waals surface area contributed by atoms with E-state index in [0.717, 1.165) is 16.1 Å². The lowest BCUT2D eigenvalue weighted by Crippen LogP contribution is -2.58. The van der Waals surface area contributed by atoms with Crippen LogP contribution >= 0.6 is 11.6 Å². The molecule has 0 spiro atoms. The second kappa shape index (κ2) is 13.2. The zero-order chi connectivity index (χ0) is 39.0. The molecule has 4 aliphatic rings. The number of carbonyl (C=O) groups is 4. The van der Waals surface area contributed by atoms with Crippen molar-refractivity contribution < 1.29 is 42.2 Å². The minimum atomic E-state index is -4.82. The highest BCUT2D eigenvalue weighted by molar-refractivity contribution is 6.33. The predicted octanol–water partition coefficient (Wildman–Crippen LogP) is 7.34. The highest BCUT2D eigenvalue weighted by Crippen LogP contribution is 2.64. The molecular formula is C42H33ClF3N3O6. The molecule has 0 bridgehead atoms. The standard InChI is InChI=1S/C42H33ClF3N3O6/c1-48(38-30(43)16-18-33(47-38)42(44,45)46)49-39(53)26-15-14-25-28(35(26)40(49)54)20-29-37(52)27(22-9-5-3-6-10-22)21-34(51)41(29,24-11-7-4-8-12-24)36(25)23-13-17-32(55-2)31(50)19-23/h3-14,16-19,21,26,28-29,35-36,50H,15,20H2,1-2H3. The maximum absolute atomic E-state index is 15.1. The van der Waals surface area contributed by atoms with Crippen LogP contribution in [-0.2, 0) is 30.8 Å². The van der Waals surface area contributed by atoms with E-state index in [9.17, 15) is 27.9 Å². The van der Waals surface area contributed by atoms with Gasteiger partial charge in [0.2, 0.25) is 0 Å². The molecular weight excluding hydrogens is 735 g/mol. The monoisotopic (exact) mass is 767 g/mol. The molecule has 55 heavy (non-hydrogen) atoms. The van der Waals surface area contributed by atoms with E-state index in [1.165, 1.54) is 26.3 Å². The molecule has 2 amide bonds. The second-order valence-corrected chi connectivity index (χ2v) is 14.6. The first-order valence-corrected chi connectivity index (χ1v) is 18.0. The number of Topliss-reactive ketones (excluding diaryl/α,β-unsaturated/α-hetero) is 1. The van der Waals surface area contributed by atoms with Crippen LogP contribution in [0, 0.1) is 23.7 Å². The van der Waals surface area contributed by atoms with Crippen LogP contribution in [0.25, 0.3) is 5.57 Å². The summed E-state index contributed by atoms with van der Waals surface area (Å²) in [5.74, 6) is -7.10. The zero-order valence-electron chi connectivity index (χ0n) is 29.5. The number of phenolic OH excluding ortho intramolecular Hbond substituents is 1. The number of anilines is 1. The first kappa shape index (κ1) is 36.2. The summed E-state index contributed by atoms with van der Waals surface area (Å²) in [6.45, 7) is 0. The van der Waals surface area contributed by atoms with Crippen LogP contribution in [0.1, 0.15) is 41.1 Å². The topological polar surface area (TPSA) is 117 Å². The van der Waals surface area contributed by atoms with Gasteiger partial charge in [-0.05, 0) is 65.8 Å². The van der Waals surface area contributed by atoms with Crippen LogP contribution in [0.15, 0.2) is 109 Å². The first-order chi connectivity index (χ1) is 26.3. The molecule has 4 aromatic rings. The van der Waals surface area contributed by atoms with Gasteiger partial charge < -0.3 is 9.84 Å². The lowest BCUT2D eigenvalue weighted by atomic mass is 9.44. The van der Waals surface area contributed by atoms with Gasteiger partial charge in [0.05, 0.1) is 29.4 Å². The fraction of sp³-hybridized carbons (Fsp3) is 0.262. The third kappa shape index (κ3) is 5.48. The number of fused-ring (bicyclic) bond motifs is 4. The predicted molar refractivity (Wildman–Crippen MR) is 196 cm³/mol. The number of aromatic nitrogens is 1. The number of alkyl halides is 3. The molecule has 1 aliphatic heterocycles. The molecule has 13 heteroatoms. The smallest absolute Gasteiger partial charge is 0.433 e. The maximum Gasteiger partial charge on any atom is 0.433 e. The molecule has 1 N–H and O–H groups in total. The number of rotatable bonds is 6. The summed E-state index contributed by atoms with van der Waals surface area (Å²) in [5, 5.41) is 12.6. The third-order valence-corrected chi connectivity index (χ3v) is 11.9. The Morgan fingerprint density at radius 3 is 2.27 bits per heavy atom. The van der Waals surface area contributed by atoms with Crippen molar-refractivity contribution in [1.82, 2.24) is 9.99 Å². The number of hydrogen-bond donors (Lipinski definition) is 1. The van der Waals surface area contributed by atoms with E-state index >= 15 is 9.59 Å². The van der Waals surface area contributed by atoms with Crippen molar-refractivity contribution in [3.63, 3.8) is 0 Å². The molecule has 6 unspecified atom stereocenters. The fourth-order valence-electron chi connectivity index (χ4n) is 9.33. The SMILES string of the molecule is COc1ccc(C2C3=CCC4C(=O)N(N(C)c5nc(C(F)(F)F)ccc5Cl)C(=O)C4C3CC3C(=O)C(c4ccccc4)=CC(=O)C32c2ccccc2)cc1O. The minimum Gasteiger partial charge on any atom is -0.504 e. The molecule has 3 aromatic carbocycles. The number of halogens is 4. The number of hydrazine groups is 1. The van der Waals surface area contributed by atoms with E-state index in [1.807, 2.05) is 6.08 Å². The minimum absolute atomic E-state index is 0.00835. The summed E-state index contributed by atoms with van der Waals surface area (Å²) in [6.07, 6.45) is -1.50. The molecule has 6 atom stereocenters. The number of methoxy groups -OCH3 is 1. The Labute approximate surface area is 318 Å². The largest absolute Gasteiger partial charge is 0.504 e. The van der Waals surface area contributed by atoms with Crippen LogP contribution < -0.4 is 9.75 Å². The first-order valence-electron chi connectivity index (χ1n) is 17.6. The number of allylic oxidation sites excluding steroid dienone is 4. The molecule has 1 saturated heterocycles. The number of imide groups is 1. The molecule has 1 saturated carbocycles. The van der Waals surface area contributed by atoms with Gasteiger partial charge in [0, 0.05) is 24.5 Å². The lowest BCUT2D eigenvalue weighted by molar-refractivity contribution is -0.141. The van der Waals surface area contributed by atoms with E-state index in [0.29, 0.717) is 28.3 Å². The Morgan fingerprint density at radius 2 is 1.62 bits per heavy atom. The van der Waals surface area contributed by atoms with Crippen molar-refractivity contribution in [2.24, 2.45) is 23.7 Å². The number of carbonyl (C=O) groups excluding carboxylic acids is 4. The second-order valence-electron chi connectivity index (χ2n) is 14.2. The van der Waals surface area contributed by atoms with Crippen LogP contribution in [-0.4, -0.2) is 52.6 Å². The van der Waals surface area contributed by atoms with Crippen molar-refractivity contribution in [2.45, 2.75) is 30.4 Å². The van der Waals surface area contributed by atoms with Crippen LogP contribution in [0.4, 0.5) is 19.0 Å². The molecule has 1 aromatic heterocycles. The Morgan fingerprint density at radius 1 is 0.927 bits per heavy atom. The summed E-state index contributed by atoms with van der Waals surface area (Å²) < 4.78 is 46.4. The van der Waals surface area contributed by atoms with E-state index in [4.69, 9.17) is 16.3 Å². The Bertz CT molecular complexity index is 2330. The highest BCUT2D eigenvalue weighted by atomic mass is 35.5. The summed E-state index contributed by atoms with van der Waals surface area (Å²) in [6, 6.07) is 24.3. The van der Waals surface area contributed by atoms with Gasteiger partial charge in [0.15, 0.2) is 28.9 Å². The average Bonchev–Trinajstić information content (AvgIpc) is 3.44. The van der Waals surface area contributed by atoms with Gasteiger partial charge in [-0.25, -0.2) is 4.98 Å². The Hall–Kier alpha value is -5.75. The number of pyridine rings is 1. The number of ether oxygens (including phenoxy) is 1.